The van der Waals surface area contributed by atoms with Gasteiger partial charge >= 0.3 is 0 Å². The third-order valence-electron chi connectivity index (χ3n) is 4.04. The number of ether oxygens (including phenoxy) is 3. The van der Waals surface area contributed by atoms with Crippen LogP contribution in [0.15, 0.2) is 0 Å². The molecule has 2 heterocycles. The van der Waals surface area contributed by atoms with E-state index >= 15 is 0 Å². The molecule has 0 aromatic rings. The Labute approximate surface area is 130 Å². The van der Waals surface area contributed by atoms with Gasteiger partial charge in [-0.1, -0.05) is 0 Å². The molecule has 8 N–H and O–H groups in total. The Morgan fingerprint density at radius 1 is 0.870 bits per heavy atom. The zero-order valence-corrected chi connectivity index (χ0v) is 12.0. The molecular formula is C12H22O11. The summed E-state index contributed by atoms with van der Waals surface area (Å²) in [6.07, 6.45) is -12.2. The standard InChI is InChI=1S/C12H22O11/c13-1-4-6(16)7(17)8(18)11(21-4)22-9-5(2-14)23-12(20,3-15)10(9)19/h4-11,13-20H,1-3H2/t4-,5-,6-,7+,8+,9-,10+,11+,12-/m1/s1. The van der Waals surface area contributed by atoms with Gasteiger partial charge in [0.2, 0.25) is 5.79 Å². The van der Waals surface area contributed by atoms with Crippen molar-refractivity contribution < 1.29 is 55.1 Å². The fourth-order valence-electron chi connectivity index (χ4n) is 2.63. The number of hydrogen-bond acceptors (Lipinski definition) is 11. The molecule has 2 saturated heterocycles. The second kappa shape index (κ2) is 7.21. The first kappa shape index (κ1) is 18.9. The van der Waals surface area contributed by atoms with Gasteiger partial charge < -0.3 is 55.1 Å². The van der Waals surface area contributed by atoms with E-state index in [1.54, 1.807) is 0 Å². The van der Waals surface area contributed by atoms with Crippen LogP contribution in [0, 0.1) is 0 Å². The lowest BCUT2D eigenvalue weighted by atomic mass is 9.99. The normalized spacial score (nSPS) is 51.1. The molecule has 0 unspecified atom stereocenters. The molecule has 2 rings (SSSR count). The SMILES string of the molecule is OC[C@H]1O[C@@H](O[C@@H]2[C@@H](CO)O[C@](O)(CO)[C@H]2O)[C@@H](O)[C@@H](O)[C@@H]1O. The molecule has 11 nitrogen and oxygen atoms in total. The lowest BCUT2D eigenvalue weighted by Crippen LogP contribution is -2.60. The Bertz CT molecular complexity index is 393. The van der Waals surface area contributed by atoms with Crippen LogP contribution >= 0.6 is 0 Å². The highest BCUT2D eigenvalue weighted by Crippen LogP contribution is 2.33. The largest absolute Gasteiger partial charge is 0.394 e. The van der Waals surface area contributed by atoms with Crippen molar-refractivity contribution in [2.45, 2.75) is 54.8 Å². The van der Waals surface area contributed by atoms with E-state index in [9.17, 15) is 30.6 Å². The fraction of sp³-hybridized carbons (Fsp3) is 1.00. The molecule has 0 bridgehead atoms. The Kier molecular flexibility index (Phi) is 5.92. The summed E-state index contributed by atoms with van der Waals surface area (Å²) in [5, 5.41) is 76.5. The maximum absolute atomic E-state index is 10.00. The van der Waals surface area contributed by atoms with E-state index in [1.807, 2.05) is 0 Å². The molecule has 0 saturated carbocycles. The van der Waals surface area contributed by atoms with Crippen molar-refractivity contribution in [3.63, 3.8) is 0 Å². The molecule has 2 aliphatic rings. The lowest BCUT2D eigenvalue weighted by molar-refractivity contribution is -0.318. The fourth-order valence-corrected chi connectivity index (χ4v) is 2.63. The number of aliphatic hydroxyl groups is 8. The van der Waals surface area contributed by atoms with Gasteiger partial charge in [-0.15, -0.1) is 0 Å². The predicted molar refractivity (Wildman–Crippen MR) is 68.6 cm³/mol. The van der Waals surface area contributed by atoms with Crippen LogP contribution in [0.2, 0.25) is 0 Å². The Morgan fingerprint density at radius 2 is 1.48 bits per heavy atom. The highest BCUT2D eigenvalue weighted by Gasteiger charge is 2.56. The summed E-state index contributed by atoms with van der Waals surface area (Å²) in [5.74, 6) is -2.37. The Morgan fingerprint density at radius 3 is 2.00 bits per heavy atom. The highest BCUT2D eigenvalue weighted by molar-refractivity contribution is 4.98. The molecule has 0 aromatic carbocycles. The summed E-state index contributed by atoms with van der Waals surface area (Å²) in [7, 11) is 0. The smallest absolute Gasteiger partial charge is 0.219 e. The van der Waals surface area contributed by atoms with E-state index < -0.39 is 74.6 Å². The summed E-state index contributed by atoms with van der Waals surface area (Å²) in [4.78, 5) is 0. The van der Waals surface area contributed by atoms with Crippen molar-refractivity contribution in [3.8, 4) is 0 Å². The van der Waals surface area contributed by atoms with Crippen molar-refractivity contribution in [1.82, 2.24) is 0 Å². The quantitative estimate of drug-likeness (QED) is 0.238. The average molecular weight is 342 g/mol. The monoisotopic (exact) mass is 342 g/mol. The van der Waals surface area contributed by atoms with Crippen LogP contribution in [-0.2, 0) is 14.2 Å². The van der Waals surface area contributed by atoms with E-state index in [2.05, 4.69) is 0 Å². The van der Waals surface area contributed by atoms with Gasteiger partial charge in [-0.25, -0.2) is 0 Å². The van der Waals surface area contributed by atoms with Crippen molar-refractivity contribution >= 4 is 0 Å². The predicted octanol–water partition coefficient (Wildman–Crippen LogP) is -5.40. The molecule has 136 valence electrons. The highest BCUT2D eigenvalue weighted by atomic mass is 16.7. The first-order chi connectivity index (χ1) is 10.8. The summed E-state index contributed by atoms with van der Waals surface area (Å²) >= 11 is 0. The third-order valence-corrected chi connectivity index (χ3v) is 4.04. The third kappa shape index (κ3) is 3.36. The van der Waals surface area contributed by atoms with Crippen LogP contribution in [0.4, 0.5) is 0 Å². The van der Waals surface area contributed by atoms with Crippen LogP contribution in [0.25, 0.3) is 0 Å². The van der Waals surface area contributed by atoms with E-state index in [4.69, 9.17) is 24.4 Å². The van der Waals surface area contributed by atoms with Crippen LogP contribution in [0.1, 0.15) is 0 Å². The van der Waals surface area contributed by atoms with Gasteiger partial charge in [-0.2, -0.15) is 0 Å². The average Bonchev–Trinajstić information content (AvgIpc) is 2.80. The summed E-state index contributed by atoms with van der Waals surface area (Å²) < 4.78 is 15.3. The summed E-state index contributed by atoms with van der Waals surface area (Å²) in [6, 6.07) is 0. The molecule has 0 aliphatic carbocycles. The molecule has 0 radical (unpaired) electrons. The molecule has 0 amide bonds. The van der Waals surface area contributed by atoms with Gasteiger partial charge in [-0.3, -0.25) is 0 Å². The van der Waals surface area contributed by atoms with Crippen molar-refractivity contribution in [3.05, 3.63) is 0 Å². The van der Waals surface area contributed by atoms with Crippen molar-refractivity contribution in [1.29, 1.82) is 0 Å². The van der Waals surface area contributed by atoms with Gasteiger partial charge in [0, 0.05) is 0 Å². The van der Waals surface area contributed by atoms with Crippen LogP contribution < -0.4 is 0 Å². The van der Waals surface area contributed by atoms with E-state index in [1.165, 1.54) is 0 Å². The zero-order valence-electron chi connectivity index (χ0n) is 12.0. The summed E-state index contributed by atoms with van der Waals surface area (Å²) in [6.45, 7) is -2.32. The molecule has 2 fully saturated rings. The second-order valence-electron chi connectivity index (χ2n) is 5.58. The van der Waals surface area contributed by atoms with Gasteiger partial charge in [-0.05, 0) is 0 Å². The summed E-state index contributed by atoms with van der Waals surface area (Å²) in [5.41, 5.74) is 0. The first-order valence-electron chi connectivity index (χ1n) is 7.05. The Balaban J connectivity index is 2.13. The van der Waals surface area contributed by atoms with Crippen LogP contribution in [-0.4, -0.2) is 115 Å². The number of aliphatic hydroxyl groups excluding tert-OH is 7. The van der Waals surface area contributed by atoms with Crippen molar-refractivity contribution in [2.75, 3.05) is 19.8 Å². The van der Waals surface area contributed by atoms with Crippen molar-refractivity contribution in [2.24, 2.45) is 0 Å². The van der Waals surface area contributed by atoms with E-state index in [-0.39, 0.29) is 0 Å². The van der Waals surface area contributed by atoms with Gasteiger partial charge in [0.1, 0.15) is 42.7 Å². The minimum Gasteiger partial charge on any atom is -0.394 e. The van der Waals surface area contributed by atoms with Crippen LogP contribution in [0.5, 0.6) is 0 Å². The number of hydrogen-bond donors (Lipinski definition) is 8. The molecule has 0 aromatic heterocycles. The molecule has 23 heavy (non-hydrogen) atoms. The molecular weight excluding hydrogens is 320 g/mol. The molecule has 0 spiro atoms. The lowest BCUT2D eigenvalue weighted by Gasteiger charge is -2.41. The van der Waals surface area contributed by atoms with E-state index in [0.29, 0.717) is 0 Å². The minimum absolute atomic E-state index is 0.668. The molecule has 9 atom stereocenters. The topological polar surface area (TPSA) is 190 Å². The minimum atomic E-state index is -2.37. The second-order valence-corrected chi connectivity index (χ2v) is 5.58. The maximum atomic E-state index is 10.00. The molecule has 11 heteroatoms. The van der Waals surface area contributed by atoms with Gasteiger partial charge in [0.15, 0.2) is 6.29 Å². The molecule has 2 aliphatic heterocycles. The number of rotatable bonds is 5. The zero-order chi connectivity index (χ0) is 17.4. The Hall–Kier alpha value is -0.440. The van der Waals surface area contributed by atoms with Gasteiger partial charge in [0.05, 0.1) is 19.8 Å². The van der Waals surface area contributed by atoms with Gasteiger partial charge in [0.25, 0.3) is 0 Å². The van der Waals surface area contributed by atoms with Crippen LogP contribution in [0.3, 0.4) is 0 Å². The maximum Gasteiger partial charge on any atom is 0.219 e. The van der Waals surface area contributed by atoms with E-state index in [0.717, 1.165) is 0 Å². The first-order valence-corrected chi connectivity index (χ1v) is 7.05.